The lowest BCUT2D eigenvalue weighted by Gasteiger charge is -2.18. The van der Waals surface area contributed by atoms with Crippen LogP contribution < -0.4 is 5.32 Å². The Morgan fingerprint density at radius 3 is 3.40 bits per heavy atom. The van der Waals surface area contributed by atoms with Crippen LogP contribution in [0.3, 0.4) is 0 Å². The molecule has 0 aromatic carbocycles. The molecule has 2 heteroatoms. The van der Waals surface area contributed by atoms with Crippen molar-refractivity contribution in [3.8, 4) is 0 Å². The molecule has 0 aliphatic carbocycles. The molecule has 51 valence electrons. The summed E-state index contributed by atoms with van der Waals surface area (Å²) in [5.74, 6) is 0. The molecule has 0 saturated heterocycles. The van der Waals surface area contributed by atoms with Gasteiger partial charge >= 0.3 is 0 Å². The third kappa shape index (κ3) is 0.856. The van der Waals surface area contributed by atoms with Gasteiger partial charge in [0.05, 0.1) is 12.6 Å². The fourth-order valence-electron chi connectivity index (χ4n) is 1.23. The second kappa shape index (κ2) is 2.29. The quantitative estimate of drug-likeness (QED) is 0.439. The van der Waals surface area contributed by atoms with Gasteiger partial charge in [0.15, 0.2) is 0 Å². The zero-order chi connectivity index (χ0) is 6.81. The molecule has 0 aromatic rings. The molecule has 1 unspecified atom stereocenters. The summed E-state index contributed by atoms with van der Waals surface area (Å²) in [7, 11) is 0. The molecule has 0 amide bonds. The monoisotopic (exact) mass is 133 g/mol. The number of aliphatic imine (C=N–C) groups is 1. The Labute approximate surface area is 60.3 Å². The number of hydrogen-bond donors (Lipinski definition) is 0. The highest BCUT2D eigenvalue weighted by Crippen LogP contribution is 2.15. The molecule has 0 bridgehead atoms. The lowest BCUT2D eigenvalue weighted by Crippen LogP contribution is -2.20. The predicted octanol–water partition coefficient (Wildman–Crippen LogP) is 0.888. The molecular weight excluding hydrogens is 124 g/mol. The zero-order valence-electron chi connectivity index (χ0n) is 5.70. The Morgan fingerprint density at radius 2 is 2.50 bits per heavy atom. The van der Waals surface area contributed by atoms with Crippen molar-refractivity contribution < 1.29 is 0 Å². The fraction of sp³-hybridized carbons (Fsp3) is 0.375. The van der Waals surface area contributed by atoms with Gasteiger partial charge in [-0.15, -0.1) is 0 Å². The molecule has 0 fully saturated rings. The van der Waals surface area contributed by atoms with Crippen LogP contribution in [0.15, 0.2) is 28.9 Å². The van der Waals surface area contributed by atoms with Gasteiger partial charge in [0.25, 0.3) is 0 Å². The Hall–Kier alpha value is -1.05. The second-order valence-corrected chi connectivity index (χ2v) is 2.47. The van der Waals surface area contributed by atoms with Gasteiger partial charge in [-0.2, -0.15) is 0 Å². The Morgan fingerprint density at radius 1 is 1.50 bits per heavy atom. The van der Waals surface area contributed by atoms with E-state index < -0.39 is 0 Å². The van der Waals surface area contributed by atoms with E-state index in [0.29, 0.717) is 6.04 Å². The highest BCUT2D eigenvalue weighted by Gasteiger charge is 2.14. The first kappa shape index (κ1) is 5.71. The van der Waals surface area contributed by atoms with Crippen molar-refractivity contribution in [3.63, 3.8) is 0 Å². The van der Waals surface area contributed by atoms with Crippen molar-refractivity contribution in [1.82, 2.24) is 5.32 Å². The minimum Gasteiger partial charge on any atom is -0.289 e. The van der Waals surface area contributed by atoms with E-state index in [1.807, 2.05) is 18.5 Å². The molecule has 2 aliphatic rings. The molecule has 2 nitrogen and oxygen atoms in total. The molecule has 0 spiro atoms. The molecule has 1 radical (unpaired) electrons. The lowest BCUT2D eigenvalue weighted by atomic mass is 10.0. The summed E-state index contributed by atoms with van der Waals surface area (Å²) in [6.45, 7) is 0.846. The van der Waals surface area contributed by atoms with Gasteiger partial charge in [-0.25, -0.2) is 0 Å². The van der Waals surface area contributed by atoms with E-state index in [0.717, 1.165) is 13.0 Å². The van der Waals surface area contributed by atoms with Gasteiger partial charge in [-0.3, -0.25) is 10.3 Å². The molecule has 10 heavy (non-hydrogen) atoms. The van der Waals surface area contributed by atoms with E-state index in [9.17, 15) is 0 Å². The Balaban J connectivity index is 2.26. The first-order chi connectivity index (χ1) is 4.97. The minimum absolute atomic E-state index is 0.311. The van der Waals surface area contributed by atoms with Crippen LogP contribution >= 0.6 is 0 Å². The van der Waals surface area contributed by atoms with Crippen molar-refractivity contribution in [3.05, 3.63) is 23.9 Å². The summed E-state index contributed by atoms with van der Waals surface area (Å²) in [6, 6.07) is 0.311. The fourth-order valence-corrected chi connectivity index (χ4v) is 1.23. The molecule has 2 rings (SSSR count). The standard InChI is InChI=1S/C8H9N2/c1-2-7-6-9-5-3-8(7)10-4-1/h2-5,8H,1,6H2. The minimum atomic E-state index is 0.311. The number of allylic oxidation sites excluding steroid dienone is 1. The SMILES string of the molecule is C1=CC2N=CCC=C2C[N]1. The number of nitrogens with zero attached hydrogens (tertiary/aromatic N) is 2. The largest absolute Gasteiger partial charge is 0.289 e. The van der Waals surface area contributed by atoms with E-state index in [-0.39, 0.29) is 0 Å². The average molecular weight is 133 g/mol. The van der Waals surface area contributed by atoms with E-state index >= 15 is 0 Å². The van der Waals surface area contributed by atoms with Gasteiger partial charge in [0.2, 0.25) is 0 Å². The molecule has 2 aliphatic heterocycles. The maximum atomic E-state index is 4.31. The Bertz CT molecular complexity index is 213. The maximum absolute atomic E-state index is 4.31. The summed E-state index contributed by atoms with van der Waals surface area (Å²) >= 11 is 0. The van der Waals surface area contributed by atoms with Gasteiger partial charge in [0, 0.05) is 18.8 Å². The van der Waals surface area contributed by atoms with Crippen LogP contribution in [0.2, 0.25) is 0 Å². The predicted molar refractivity (Wildman–Crippen MR) is 41.1 cm³/mol. The highest BCUT2D eigenvalue weighted by molar-refractivity contribution is 5.63. The van der Waals surface area contributed by atoms with Gasteiger partial charge in [0.1, 0.15) is 0 Å². The van der Waals surface area contributed by atoms with Crippen molar-refractivity contribution in [1.29, 1.82) is 0 Å². The van der Waals surface area contributed by atoms with Crippen LogP contribution in [0.5, 0.6) is 0 Å². The van der Waals surface area contributed by atoms with Crippen molar-refractivity contribution >= 4 is 6.21 Å². The van der Waals surface area contributed by atoms with Crippen LogP contribution in [0.1, 0.15) is 6.42 Å². The number of rotatable bonds is 0. The normalized spacial score (nSPS) is 28.8. The van der Waals surface area contributed by atoms with Crippen molar-refractivity contribution in [2.24, 2.45) is 4.99 Å². The number of fused-ring (bicyclic) bond motifs is 1. The van der Waals surface area contributed by atoms with E-state index in [4.69, 9.17) is 0 Å². The molecule has 0 aromatic heterocycles. The first-order valence-corrected chi connectivity index (χ1v) is 3.50. The van der Waals surface area contributed by atoms with Crippen molar-refractivity contribution in [2.45, 2.75) is 12.5 Å². The smallest absolute Gasteiger partial charge is 0.0922 e. The topological polar surface area (TPSA) is 26.5 Å². The maximum Gasteiger partial charge on any atom is 0.0922 e. The zero-order valence-corrected chi connectivity index (χ0v) is 5.70. The van der Waals surface area contributed by atoms with E-state index in [1.165, 1.54) is 5.57 Å². The van der Waals surface area contributed by atoms with Crippen molar-refractivity contribution in [2.75, 3.05) is 6.54 Å². The average Bonchev–Trinajstić information content (AvgIpc) is 2.05. The Kier molecular flexibility index (Phi) is 1.31. The third-order valence-corrected chi connectivity index (χ3v) is 1.78. The molecule has 0 saturated carbocycles. The molecule has 1 atom stereocenters. The van der Waals surface area contributed by atoms with Crippen LogP contribution in [0.25, 0.3) is 0 Å². The van der Waals surface area contributed by atoms with Gasteiger partial charge < -0.3 is 0 Å². The van der Waals surface area contributed by atoms with Crippen LogP contribution in [-0.2, 0) is 0 Å². The second-order valence-electron chi connectivity index (χ2n) is 2.47. The van der Waals surface area contributed by atoms with E-state index in [2.05, 4.69) is 16.4 Å². The summed E-state index contributed by atoms with van der Waals surface area (Å²) in [5, 5.41) is 4.14. The van der Waals surface area contributed by atoms with Crippen LogP contribution in [0.4, 0.5) is 0 Å². The van der Waals surface area contributed by atoms with Gasteiger partial charge in [-0.05, 0) is 11.6 Å². The number of dihydropyridines is 1. The lowest BCUT2D eigenvalue weighted by molar-refractivity contribution is 0.772. The van der Waals surface area contributed by atoms with Crippen LogP contribution in [0, 0.1) is 0 Å². The summed E-state index contributed by atoms with van der Waals surface area (Å²) in [4.78, 5) is 4.31. The molecule has 0 N–H and O–H groups in total. The van der Waals surface area contributed by atoms with Gasteiger partial charge in [-0.1, -0.05) is 6.08 Å². The van der Waals surface area contributed by atoms with E-state index in [1.54, 1.807) is 0 Å². The number of hydrogen-bond acceptors (Lipinski definition) is 1. The summed E-state index contributed by atoms with van der Waals surface area (Å²) in [5.41, 5.74) is 1.35. The first-order valence-electron chi connectivity index (χ1n) is 3.50. The highest BCUT2D eigenvalue weighted by atomic mass is 14.9. The summed E-state index contributed by atoms with van der Waals surface area (Å²) in [6.07, 6.45) is 9.04. The van der Waals surface area contributed by atoms with Crippen LogP contribution in [-0.4, -0.2) is 18.8 Å². The molecular formula is C8H9N2. The summed E-state index contributed by atoms with van der Waals surface area (Å²) < 4.78 is 0. The molecule has 2 heterocycles. The third-order valence-electron chi connectivity index (χ3n) is 1.78.